The second-order valence-corrected chi connectivity index (χ2v) is 5.14. The van der Waals surface area contributed by atoms with Crippen LogP contribution in [0.2, 0.25) is 0 Å². The van der Waals surface area contributed by atoms with E-state index in [1.54, 1.807) is 6.20 Å². The van der Waals surface area contributed by atoms with Gasteiger partial charge >= 0.3 is 0 Å². The Hall–Kier alpha value is -1.97. The van der Waals surface area contributed by atoms with Crippen molar-refractivity contribution in [3.8, 4) is 0 Å². The molecule has 4 heteroatoms. The molecule has 2 heterocycles. The summed E-state index contributed by atoms with van der Waals surface area (Å²) in [5.41, 5.74) is 2.57. The molecule has 0 spiro atoms. The van der Waals surface area contributed by atoms with Crippen molar-refractivity contribution in [1.82, 2.24) is 15.3 Å². The molecule has 4 nitrogen and oxygen atoms in total. The number of hydrogen-bond donors (Lipinski definition) is 1. The molecule has 1 atom stereocenters. The lowest BCUT2D eigenvalue weighted by molar-refractivity contribution is -0.119. The first-order valence-corrected chi connectivity index (χ1v) is 6.16. The van der Waals surface area contributed by atoms with Crippen LogP contribution in [0, 0.1) is 0 Å². The van der Waals surface area contributed by atoms with Crippen molar-refractivity contribution in [2.24, 2.45) is 0 Å². The minimum absolute atomic E-state index is 0.131. The van der Waals surface area contributed by atoms with E-state index in [4.69, 9.17) is 0 Å². The quantitative estimate of drug-likeness (QED) is 0.872. The summed E-state index contributed by atoms with van der Waals surface area (Å²) in [6, 6.07) is 7.82. The van der Waals surface area contributed by atoms with E-state index in [9.17, 15) is 4.79 Å². The predicted octanol–water partition coefficient (Wildman–Crippen LogP) is 1.84. The summed E-state index contributed by atoms with van der Waals surface area (Å²) in [6.45, 7) is 2.06. The molecule has 18 heavy (non-hydrogen) atoms. The molecule has 1 aliphatic heterocycles. The van der Waals surface area contributed by atoms with Crippen molar-refractivity contribution in [3.05, 3.63) is 36.2 Å². The zero-order valence-corrected chi connectivity index (χ0v) is 10.3. The first-order valence-electron chi connectivity index (χ1n) is 6.16. The molecule has 1 fully saturated rings. The Labute approximate surface area is 105 Å². The Balaban J connectivity index is 1.89. The van der Waals surface area contributed by atoms with Gasteiger partial charge in [-0.2, -0.15) is 0 Å². The number of carbonyl (C=O) groups excluding carboxylic acids is 1. The summed E-state index contributed by atoms with van der Waals surface area (Å²) < 4.78 is 0. The second kappa shape index (κ2) is 4.05. The molecule has 1 aromatic carbocycles. The van der Waals surface area contributed by atoms with E-state index in [0.29, 0.717) is 6.42 Å². The third-order valence-corrected chi connectivity index (χ3v) is 3.41. The summed E-state index contributed by atoms with van der Waals surface area (Å²) in [4.78, 5) is 20.3. The number of aromatic nitrogens is 2. The molecule has 1 unspecified atom stereocenters. The minimum atomic E-state index is -0.172. The van der Waals surface area contributed by atoms with Crippen molar-refractivity contribution in [2.75, 3.05) is 0 Å². The van der Waals surface area contributed by atoms with Crippen LogP contribution in [0.15, 0.2) is 30.5 Å². The van der Waals surface area contributed by atoms with Crippen LogP contribution in [0.3, 0.4) is 0 Å². The van der Waals surface area contributed by atoms with Crippen LogP contribution in [0.1, 0.15) is 25.5 Å². The van der Waals surface area contributed by atoms with Crippen LogP contribution in [0.5, 0.6) is 0 Å². The molecule has 0 radical (unpaired) electrons. The predicted molar refractivity (Wildman–Crippen MR) is 69.0 cm³/mol. The lowest BCUT2D eigenvalue weighted by Gasteiger charge is -2.23. The third kappa shape index (κ3) is 2.06. The van der Waals surface area contributed by atoms with Crippen LogP contribution >= 0.6 is 0 Å². The maximum Gasteiger partial charge on any atom is 0.220 e. The molecule has 0 aliphatic carbocycles. The lowest BCUT2D eigenvalue weighted by atomic mass is 9.94. The molecule has 0 saturated carbocycles. The molecular formula is C14H15N3O. The van der Waals surface area contributed by atoms with Gasteiger partial charge in [0.1, 0.15) is 0 Å². The molecule has 92 valence electrons. The number of fused-ring (bicyclic) bond motifs is 1. The van der Waals surface area contributed by atoms with Gasteiger partial charge in [0, 0.05) is 24.6 Å². The zero-order valence-electron chi connectivity index (χ0n) is 10.3. The monoisotopic (exact) mass is 241 g/mol. The number of carbonyl (C=O) groups is 1. The average Bonchev–Trinajstić information content (AvgIpc) is 2.69. The van der Waals surface area contributed by atoms with Gasteiger partial charge in [0.2, 0.25) is 5.91 Å². The van der Waals surface area contributed by atoms with Crippen molar-refractivity contribution in [2.45, 2.75) is 31.7 Å². The highest BCUT2D eigenvalue weighted by atomic mass is 16.2. The van der Waals surface area contributed by atoms with E-state index in [0.717, 1.165) is 29.6 Å². The number of amides is 1. The topological polar surface area (TPSA) is 54.9 Å². The smallest absolute Gasteiger partial charge is 0.220 e. The maximum atomic E-state index is 11.3. The molecule has 1 saturated heterocycles. The molecule has 1 amide bonds. The summed E-state index contributed by atoms with van der Waals surface area (Å²) in [5.74, 6) is 0.131. The van der Waals surface area contributed by atoms with Crippen molar-refractivity contribution in [1.29, 1.82) is 0 Å². The van der Waals surface area contributed by atoms with Gasteiger partial charge in [0.15, 0.2) is 0 Å². The van der Waals surface area contributed by atoms with Crippen LogP contribution in [0.4, 0.5) is 0 Å². The van der Waals surface area contributed by atoms with Gasteiger partial charge in [-0.3, -0.25) is 9.78 Å². The number of nitrogens with one attached hydrogen (secondary N) is 1. The van der Waals surface area contributed by atoms with E-state index in [1.165, 1.54) is 0 Å². The van der Waals surface area contributed by atoms with E-state index >= 15 is 0 Å². The van der Waals surface area contributed by atoms with Gasteiger partial charge in [0.25, 0.3) is 0 Å². The van der Waals surface area contributed by atoms with Crippen LogP contribution < -0.4 is 5.32 Å². The van der Waals surface area contributed by atoms with Gasteiger partial charge in [-0.25, -0.2) is 4.98 Å². The standard InChI is InChI=1S/C14H15N3O/c1-14(7-6-13(18)17-14)8-10-9-15-11-4-2-3-5-12(11)16-10/h2-5,9H,6-8H2,1H3,(H,17,18). The Morgan fingerprint density at radius 1 is 1.33 bits per heavy atom. The van der Waals surface area contributed by atoms with Crippen molar-refractivity contribution < 1.29 is 4.79 Å². The average molecular weight is 241 g/mol. The second-order valence-electron chi connectivity index (χ2n) is 5.14. The number of para-hydroxylation sites is 2. The van der Waals surface area contributed by atoms with Gasteiger partial charge in [-0.1, -0.05) is 12.1 Å². The highest BCUT2D eigenvalue weighted by Gasteiger charge is 2.33. The van der Waals surface area contributed by atoms with E-state index in [-0.39, 0.29) is 11.4 Å². The van der Waals surface area contributed by atoms with Crippen LogP contribution in [-0.2, 0) is 11.2 Å². The number of nitrogens with zero attached hydrogens (tertiary/aromatic N) is 2. The fourth-order valence-corrected chi connectivity index (χ4v) is 2.46. The largest absolute Gasteiger partial charge is 0.351 e. The van der Waals surface area contributed by atoms with E-state index < -0.39 is 0 Å². The Morgan fingerprint density at radius 2 is 2.11 bits per heavy atom. The molecule has 0 bridgehead atoms. The summed E-state index contributed by atoms with van der Waals surface area (Å²) in [5, 5.41) is 3.02. The molecule has 1 aromatic heterocycles. The van der Waals surface area contributed by atoms with Gasteiger partial charge < -0.3 is 5.32 Å². The summed E-state index contributed by atoms with van der Waals surface area (Å²) in [6.07, 6.45) is 4.01. The molecule has 1 N–H and O–H groups in total. The van der Waals surface area contributed by atoms with E-state index in [2.05, 4.69) is 22.2 Å². The lowest BCUT2D eigenvalue weighted by Crippen LogP contribution is -2.40. The molecule has 2 aromatic rings. The van der Waals surface area contributed by atoms with Crippen LogP contribution in [-0.4, -0.2) is 21.4 Å². The maximum absolute atomic E-state index is 11.3. The van der Waals surface area contributed by atoms with Gasteiger partial charge in [0.05, 0.1) is 16.7 Å². The fourth-order valence-electron chi connectivity index (χ4n) is 2.46. The highest BCUT2D eigenvalue weighted by molar-refractivity contribution is 5.79. The Bertz CT molecular complexity index is 611. The normalized spacial score (nSPS) is 23.3. The molecular weight excluding hydrogens is 226 g/mol. The Kier molecular flexibility index (Phi) is 2.51. The molecule has 1 aliphatic rings. The first kappa shape index (κ1) is 11.1. The summed E-state index contributed by atoms with van der Waals surface area (Å²) >= 11 is 0. The fraction of sp³-hybridized carbons (Fsp3) is 0.357. The number of benzene rings is 1. The number of rotatable bonds is 2. The van der Waals surface area contributed by atoms with E-state index in [1.807, 2.05) is 24.3 Å². The summed E-state index contributed by atoms with van der Waals surface area (Å²) in [7, 11) is 0. The highest BCUT2D eigenvalue weighted by Crippen LogP contribution is 2.23. The molecule has 3 rings (SSSR count). The first-order chi connectivity index (χ1) is 8.65. The zero-order chi connectivity index (χ0) is 12.6. The minimum Gasteiger partial charge on any atom is -0.351 e. The van der Waals surface area contributed by atoms with Crippen molar-refractivity contribution >= 4 is 16.9 Å². The van der Waals surface area contributed by atoms with Crippen molar-refractivity contribution in [3.63, 3.8) is 0 Å². The van der Waals surface area contributed by atoms with Crippen LogP contribution in [0.25, 0.3) is 11.0 Å². The van der Waals surface area contributed by atoms with Gasteiger partial charge in [-0.15, -0.1) is 0 Å². The number of hydrogen-bond acceptors (Lipinski definition) is 3. The Morgan fingerprint density at radius 3 is 2.83 bits per heavy atom. The third-order valence-electron chi connectivity index (χ3n) is 3.41. The SMILES string of the molecule is CC1(Cc2cnc3ccccc3n2)CCC(=O)N1. The van der Waals surface area contributed by atoms with Gasteiger partial charge in [-0.05, 0) is 25.5 Å².